The SMILES string of the molecule is COc1ccc(-n2c(C)cc([C@@H]3[C@H](c4ccccn4)NC(=S)N3C)c2C)cc1. The average Bonchev–Trinajstić information content (AvgIpc) is 3.17. The van der Waals surface area contributed by atoms with Crippen molar-refractivity contribution < 1.29 is 4.74 Å². The number of rotatable bonds is 4. The third-order valence-electron chi connectivity index (χ3n) is 5.46. The van der Waals surface area contributed by atoms with Crippen LogP contribution in [0.5, 0.6) is 5.75 Å². The molecule has 0 spiro atoms. The van der Waals surface area contributed by atoms with Gasteiger partial charge in [-0.3, -0.25) is 4.98 Å². The Morgan fingerprint density at radius 3 is 2.50 bits per heavy atom. The number of likely N-dealkylation sites (N-methyl/N-ethyl adjacent to an activating group) is 1. The van der Waals surface area contributed by atoms with E-state index in [1.165, 1.54) is 17.0 Å². The highest BCUT2D eigenvalue weighted by molar-refractivity contribution is 7.80. The first-order chi connectivity index (χ1) is 13.5. The maximum absolute atomic E-state index is 5.57. The Bertz CT molecular complexity index is 997. The lowest BCUT2D eigenvalue weighted by atomic mass is 9.97. The Morgan fingerprint density at radius 2 is 1.86 bits per heavy atom. The van der Waals surface area contributed by atoms with Gasteiger partial charge in [-0.1, -0.05) is 6.07 Å². The maximum atomic E-state index is 5.57. The molecule has 5 nitrogen and oxygen atoms in total. The zero-order chi connectivity index (χ0) is 19.8. The normalized spacial score (nSPS) is 19.0. The molecule has 0 radical (unpaired) electrons. The van der Waals surface area contributed by atoms with E-state index in [-0.39, 0.29) is 12.1 Å². The number of nitrogens with one attached hydrogen (secondary N) is 1. The van der Waals surface area contributed by atoms with E-state index >= 15 is 0 Å². The molecule has 2 aromatic heterocycles. The standard InChI is InChI=1S/C22H24N4OS/c1-14-13-18(15(2)26(14)16-8-10-17(27-4)11-9-16)21-20(24-22(28)25(21)3)19-7-5-6-12-23-19/h5-13,20-21H,1-4H3,(H,24,28)/t20-,21+/m0/s1. The highest BCUT2D eigenvalue weighted by atomic mass is 32.1. The molecule has 1 aliphatic heterocycles. The second-order valence-corrected chi connectivity index (χ2v) is 7.48. The molecule has 2 atom stereocenters. The van der Waals surface area contributed by atoms with E-state index < -0.39 is 0 Å². The van der Waals surface area contributed by atoms with Crippen LogP contribution in [0, 0.1) is 13.8 Å². The molecule has 1 saturated heterocycles. The molecule has 1 aromatic carbocycles. The Labute approximate surface area is 171 Å². The molecule has 1 fully saturated rings. The van der Waals surface area contributed by atoms with Gasteiger partial charge in [0.25, 0.3) is 0 Å². The number of benzene rings is 1. The van der Waals surface area contributed by atoms with Crippen LogP contribution in [0.25, 0.3) is 5.69 Å². The van der Waals surface area contributed by atoms with Gasteiger partial charge in [-0.25, -0.2) is 0 Å². The summed E-state index contributed by atoms with van der Waals surface area (Å²) in [5, 5.41) is 4.19. The molecule has 1 aliphatic rings. The summed E-state index contributed by atoms with van der Waals surface area (Å²) in [4.78, 5) is 6.71. The van der Waals surface area contributed by atoms with Gasteiger partial charge < -0.3 is 19.5 Å². The lowest BCUT2D eigenvalue weighted by molar-refractivity contribution is 0.367. The van der Waals surface area contributed by atoms with Crippen molar-refractivity contribution in [2.45, 2.75) is 25.9 Å². The molecular weight excluding hydrogens is 368 g/mol. The first-order valence-electron chi connectivity index (χ1n) is 9.28. The van der Waals surface area contributed by atoms with Crippen LogP contribution < -0.4 is 10.1 Å². The number of hydrogen-bond acceptors (Lipinski definition) is 3. The van der Waals surface area contributed by atoms with Gasteiger partial charge in [0.1, 0.15) is 5.75 Å². The van der Waals surface area contributed by atoms with Crippen molar-refractivity contribution >= 4 is 17.3 Å². The molecule has 6 heteroatoms. The predicted molar refractivity (Wildman–Crippen MR) is 115 cm³/mol. The van der Waals surface area contributed by atoms with Crippen LogP contribution >= 0.6 is 12.2 Å². The van der Waals surface area contributed by atoms with Crippen LogP contribution in [0.3, 0.4) is 0 Å². The van der Waals surface area contributed by atoms with Gasteiger partial charge in [-0.15, -0.1) is 0 Å². The maximum Gasteiger partial charge on any atom is 0.169 e. The average molecular weight is 393 g/mol. The van der Waals surface area contributed by atoms with E-state index in [1.807, 2.05) is 37.5 Å². The highest BCUT2D eigenvalue weighted by Gasteiger charge is 2.39. The summed E-state index contributed by atoms with van der Waals surface area (Å²) in [5.41, 5.74) is 5.75. The Balaban J connectivity index is 1.78. The minimum Gasteiger partial charge on any atom is -0.497 e. The molecule has 28 heavy (non-hydrogen) atoms. The van der Waals surface area contributed by atoms with Crippen molar-refractivity contribution in [1.82, 2.24) is 19.8 Å². The third kappa shape index (κ3) is 3.03. The van der Waals surface area contributed by atoms with E-state index in [1.54, 1.807) is 7.11 Å². The molecule has 0 amide bonds. The quantitative estimate of drug-likeness (QED) is 0.677. The Hall–Kier alpha value is -2.86. The van der Waals surface area contributed by atoms with E-state index in [0.717, 1.165) is 22.2 Å². The summed E-state index contributed by atoms with van der Waals surface area (Å²) in [7, 11) is 3.73. The molecule has 3 aromatic rings. The van der Waals surface area contributed by atoms with Gasteiger partial charge in [0.2, 0.25) is 0 Å². The summed E-state index contributed by atoms with van der Waals surface area (Å²) in [5.74, 6) is 0.853. The van der Waals surface area contributed by atoms with Crippen molar-refractivity contribution in [1.29, 1.82) is 0 Å². The minimum absolute atomic E-state index is 0.0171. The number of pyridine rings is 1. The fraction of sp³-hybridized carbons (Fsp3) is 0.273. The van der Waals surface area contributed by atoms with Crippen LogP contribution in [0.15, 0.2) is 54.7 Å². The smallest absolute Gasteiger partial charge is 0.169 e. The summed E-state index contributed by atoms with van der Waals surface area (Å²) < 4.78 is 7.57. The molecule has 0 unspecified atom stereocenters. The lowest BCUT2D eigenvalue weighted by Gasteiger charge is -2.24. The molecule has 0 bridgehead atoms. The number of nitrogens with zero attached hydrogens (tertiary/aromatic N) is 3. The van der Waals surface area contributed by atoms with Gasteiger partial charge in [-0.05, 0) is 74.1 Å². The van der Waals surface area contributed by atoms with Crippen LogP contribution in [0.4, 0.5) is 0 Å². The first kappa shape index (κ1) is 18.5. The Kier molecular flexibility index (Phi) is 4.81. The summed E-state index contributed by atoms with van der Waals surface area (Å²) in [6.07, 6.45) is 1.83. The number of thiocarbonyl (C=S) groups is 1. The fourth-order valence-corrected chi connectivity index (χ4v) is 4.30. The number of hydrogen-bond donors (Lipinski definition) is 1. The van der Waals surface area contributed by atoms with Crippen molar-refractivity contribution in [3.8, 4) is 11.4 Å². The van der Waals surface area contributed by atoms with E-state index in [4.69, 9.17) is 17.0 Å². The van der Waals surface area contributed by atoms with Gasteiger partial charge in [-0.2, -0.15) is 0 Å². The third-order valence-corrected chi connectivity index (χ3v) is 5.86. The molecular formula is C22H24N4OS. The zero-order valence-electron chi connectivity index (χ0n) is 16.5. The van der Waals surface area contributed by atoms with Crippen LogP contribution in [0.2, 0.25) is 0 Å². The summed E-state index contributed by atoms with van der Waals surface area (Å²) in [6, 6.07) is 16.5. The summed E-state index contributed by atoms with van der Waals surface area (Å²) >= 11 is 5.57. The second kappa shape index (κ2) is 7.28. The minimum atomic E-state index is 0.0171. The molecule has 4 rings (SSSR count). The number of ether oxygens (including phenoxy) is 1. The zero-order valence-corrected chi connectivity index (χ0v) is 17.3. The highest BCUT2D eigenvalue weighted by Crippen LogP contribution is 2.40. The van der Waals surface area contributed by atoms with Crippen LogP contribution in [0.1, 0.15) is 34.7 Å². The van der Waals surface area contributed by atoms with E-state index in [0.29, 0.717) is 0 Å². The van der Waals surface area contributed by atoms with Crippen LogP contribution in [-0.4, -0.2) is 33.7 Å². The predicted octanol–water partition coefficient (Wildman–Crippen LogP) is 4.10. The monoisotopic (exact) mass is 392 g/mol. The first-order valence-corrected chi connectivity index (χ1v) is 9.69. The van der Waals surface area contributed by atoms with Gasteiger partial charge >= 0.3 is 0 Å². The van der Waals surface area contributed by atoms with Gasteiger partial charge in [0, 0.05) is 30.3 Å². The molecule has 1 N–H and O–H groups in total. The van der Waals surface area contributed by atoms with Crippen molar-refractivity contribution in [3.63, 3.8) is 0 Å². The van der Waals surface area contributed by atoms with Gasteiger partial charge in [0.15, 0.2) is 5.11 Å². The van der Waals surface area contributed by atoms with Crippen molar-refractivity contribution in [2.75, 3.05) is 14.2 Å². The summed E-state index contributed by atoms with van der Waals surface area (Å²) in [6.45, 7) is 4.30. The molecule has 0 aliphatic carbocycles. The van der Waals surface area contributed by atoms with Crippen molar-refractivity contribution in [3.05, 3.63) is 77.4 Å². The fourth-order valence-electron chi connectivity index (χ4n) is 4.06. The molecule has 3 heterocycles. The topological polar surface area (TPSA) is 42.3 Å². The molecule has 144 valence electrons. The Morgan fingerprint density at radius 1 is 1.11 bits per heavy atom. The number of aromatic nitrogens is 2. The largest absolute Gasteiger partial charge is 0.497 e. The number of methoxy groups -OCH3 is 1. The van der Waals surface area contributed by atoms with E-state index in [2.05, 4.69) is 57.9 Å². The van der Waals surface area contributed by atoms with E-state index in [9.17, 15) is 0 Å². The van der Waals surface area contributed by atoms with Gasteiger partial charge in [0.05, 0.1) is 24.9 Å². The van der Waals surface area contributed by atoms with Crippen molar-refractivity contribution in [2.24, 2.45) is 0 Å². The second-order valence-electron chi connectivity index (χ2n) is 7.10. The molecule has 0 saturated carbocycles. The lowest BCUT2D eigenvalue weighted by Crippen LogP contribution is -2.25. The van der Waals surface area contributed by atoms with Crippen LogP contribution in [-0.2, 0) is 0 Å². The number of aryl methyl sites for hydroxylation is 1.